The zero-order valence-corrected chi connectivity index (χ0v) is 20.5. The van der Waals surface area contributed by atoms with Crippen LogP contribution in [0.5, 0.6) is 0 Å². The van der Waals surface area contributed by atoms with Gasteiger partial charge in [-0.05, 0) is 56.1 Å². The second-order valence-corrected chi connectivity index (χ2v) is 11.1. The van der Waals surface area contributed by atoms with Crippen LogP contribution >= 0.6 is 11.3 Å². The number of carbonyl (C=O) groups excluding carboxylic acids is 1. The van der Waals surface area contributed by atoms with Crippen LogP contribution in [0.15, 0.2) is 36.4 Å². The van der Waals surface area contributed by atoms with E-state index in [2.05, 4.69) is 6.92 Å². The van der Waals surface area contributed by atoms with Gasteiger partial charge in [-0.3, -0.25) is 4.79 Å². The molecule has 3 aliphatic rings. The molecule has 1 aromatic heterocycles. The largest absolute Gasteiger partial charge is 0.477 e. The molecular formula is C27H33NO5S. The van der Waals surface area contributed by atoms with Crippen molar-refractivity contribution in [2.45, 2.75) is 70.1 Å². The highest BCUT2D eigenvalue weighted by atomic mass is 32.1. The van der Waals surface area contributed by atoms with E-state index in [4.69, 9.17) is 9.47 Å². The summed E-state index contributed by atoms with van der Waals surface area (Å²) in [5, 5.41) is 10.1. The first kappa shape index (κ1) is 23.5. The van der Waals surface area contributed by atoms with Gasteiger partial charge in [-0.25, -0.2) is 4.79 Å². The fourth-order valence-electron chi connectivity index (χ4n) is 5.74. The van der Waals surface area contributed by atoms with E-state index in [1.807, 2.05) is 41.3 Å². The van der Waals surface area contributed by atoms with Gasteiger partial charge in [0.1, 0.15) is 4.88 Å². The zero-order valence-electron chi connectivity index (χ0n) is 19.7. The number of carbonyl (C=O) groups is 2. The van der Waals surface area contributed by atoms with Crippen LogP contribution in [-0.4, -0.2) is 42.0 Å². The summed E-state index contributed by atoms with van der Waals surface area (Å²) in [6.45, 7) is 3.47. The number of benzene rings is 1. The summed E-state index contributed by atoms with van der Waals surface area (Å²) >= 11 is 1.25. The number of amides is 1. The van der Waals surface area contributed by atoms with Gasteiger partial charge in [0.05, 0.1) is 18.9 Å². The first-order chi connectivity index (χ1) is 16.5. The van der Waals surface area contributed by atoms with E-state index in [0.717, 1.165) is 61.8 Å². The Morgan fingerprint density at radius 3 is 2.26 bits per heavy atom. The summed E-state index contributed by atoms with van der Waals surface area (Å²) < 4.78 is 11.8. The highest BCUT2D eigenvalue weighted by Crippen LogP contribution is 2.44. The number of hydrogen-bond donors (Lipinski definition) is 1. The maximum absolute atomic E-state index is 14.0. The van der Waals surface area contributed by atoms with Crippen molar-refractivity contribution >= 4 is 28.9 Å². The molecule has 0 unspecified atom stereocenters. The fraction of sp³-hybridized carbons (Fsp3) is 0.556. The standard InChI is InChI=1S/C27H33NO5S/c1-18-7-9-20(10-8-18)25(29)28(21-11-13-27(14-12-21)32-15-16-33-27)22-17-23(34-24(22)26(30)31)19-5-3-2-4-6-19/h2-6,17-18,20-21H,7-16H2,1H3,(H,30,31). The number of ether oxygens (including phenoxy) is 2. The Balaban J connectivity index is 1.49. The molecule has 5 rings (SSSR count). The molecule has 6 nitrogen and oxygen atoms in total. The average Bonchev–Trinajstić information content (AvgIpc) is 3.49. The molecule has 2 aliphatic carbocycles. The van der Waals surface area contributed by atoms with E-state index >= 15 is 0 Å². The van der Waals surface area contributed by atoms with E-state index in [9.17, 15) is 14.7 Å². The quantitative estimate of drug-likeness (QED) is 0.568. The molecule has 2 heterocycles. The van der Waals surface area contributed by atoms with E-state index in [1.165, 1.54) is 11.3 Å². The van der Waals surface area contributed by atoms with Crippen molar-refractivity contribution in [1.29, 1.82) is 0 Å². The van der Waals surface area contributed by atoms with Gasteiger partial charge in [-0.1, -0.05) is 37.3 Å². The third kappa shape index (κ3) is 4.66. The topological polar surface area (TPSA) is 76.1 Å². The number of carboxylic acids is 1. The van der Waals surface area contributed by atoms with E-state index in [-0.39, 0.29) is 22.7 Å². The van der Waals surface area contributed by atoms with Gasteiger partial charge in [0.15, 0.2) is 5.79 Å². The molecule has 3 fully saturated rings. The maximum atomic E-state index is 14.0. The van der Waals surface area contributed by atoms with Crippen LogP contribution < -0.4 is 4.90 Å². The first-order valence-electron chi connectivity index (χ1n) is 12.5. The molecule has 1 aliphatic heterocycles. The second-order valence-electron chi connectivity index (χ2n) is 10.0. The summed E-state index contributed by atoms with van der Waals surface area (Å²) in [4.78, 5) is 29.3. The van der Waals surface area contributed by atoms with Gasteiger partial charge in [-0.15, -0.1) is 11.3 Å². The summed E-state index contributed by atoms with van der Waals surface area (Å²) in [5.74, 6) is -0.824. The summed E-state index contributed by atoms with van der Waals surface area (Å²) in [5.41, 5.74) is 1.52. The van der Waals surface area contributed by atoms with Crippen LogP contribution in [-0.2, 0) is 14.3 Å². The highest BCUT2D eigenvalue weighted by molar-refractivity contribution is 7.18. The molecule has 2 aromatic rings. The van der Waals surface area contributed by atoms with E-state index in [1.54, 1.807) is 0 Å². The SMILES string of the molecule is CC1CCC(C(=O)N(c2cc(-c3ccccc3)sc2C(=O)O)C2CCC3(CC2)OCCO3)CC1. The third-order valence-corrected chi connectivity index (χ3v) is 8.88. The summed E-state index contributed by atoms with van der Waals surface area (Å²) in [6, 6.07) is 11.7. The van der Waals surface area contributed by atoms with Crippen LogP contribution in [0.25, 0.3) is 10.4 Å². The van der Waals surface area contributed by atoms with E-state index < -0.39 is 11.8 Å². The molecule has 1 saturated heterocycles. The third-order valence-electron chi connectivity index (χ3n) is 7.72. The Hall–Kier alpha value is -2.22. The molecule has 1 N–H and O–H groups in total. The first-order valence-corrected chi connectivity index (χ1v) is 13.3. The van der Waals surface area contributed by atoms with Crippen LogP contribution in [0, 0.1) is 11.8 Å². The Kier molecular flexibility index (Phi) is 6.78. The Morgan fingerprint density at radius 1 is 1.00 bits per heavy atom. The lowest BCUT2D eigenvalue weighted by molar-refractivity contribution is -0.179. The number of thiophene rings is 1. The predicted molar refractivity (Wildman–Crippen MR) is 132 cm³/mol. The molecule has 0 radical (unpaired) electrons. The molecule has 7 heteroatoms. The molecule has 34 heavy (non-hydrogen) atoms. The molecule has 0 bridgehead atoms. The minimum atomic E-state index is -0.980. The molecule has 1 aromatic carbocycles. The van der Waals surface area contributed by atoms with Crippen LogP contribution in [0.2, 0.25) is 0 Å². The molecule has 1 amide bonds. The lowest BCUT2D eigenvalue weighted by Crippen LogP contribution is -2.49. The van der Waals surface area contributed by atoms with Gasteiger partial charge in [0.25, 0.3) is 0 Å². The Morgan fingerprint density at radius 2 is 1.65 bits per heavy atom. The molecular weight excluding hydrogens is 450 g/mol. The summed E-state index contributed by atoms with van der Waals surface area (Å²) in [6.07, 6.45) is 6.76. The normalized spacial score (nSPS) is 24.9. The summed E-state index contributed by atoms with van der Waals surface area (Å²) in [7, 11) is 0. The van der Waals surface area contributed by atoms with Crippen molar-refractivity contribution in [1.82, 2.24) is 0 Å². The molecule has 1 spiro atoms. The van der Waals surface area contributed by atoms with Crippen molar-refractivity contribution in [3.63, 3.8) is 0 Å². The maximum Gasteiger partial charge on any atom is 0.348 e. The molecule has 2 saturated carbocycles. The van der Waals surface area contributed by atoms with Gasteiger partial charge in [0, 0.05) is 29.7 Å². The lowest BCUT2D eigenvalue weighted by atomic mass is 9.81. The van der Waals surface area contributed by atoms with Gasteiger partial charge in [-0.2, -0.15) is 0 Å². The van der Waals surface area contributed by atoms with Crippen molar-refractivity contribution in [3.8, 4) is 10.4 Å². The van der Waals surface area contributed by atoms with Crippen molar-refractivity contribution < 1.29 is 24.2 Å². The Labute approximate surface area is 204 Å². The lowest BCUT2D eigenvalue weighted by Gasteiger charge is -2.42. The van der Waals surface area contributed by atoms with Crippen LogP contribution in [0.1, 0.15) is 68.0 Å². The smallest absolute Gasteiger partial charge is 0.348 e. The number of nitrogens with zero attached hydrogens (tertiary/aromatic N) is 1. The average molecular weight is 484 g/mol. The Bertz CT molecular complexity index is 1010. The van der Waals surface area contributed by atoms with Crippen LogP contribution in [0.3, 0.4) is 0 Å². The molecule has 182 valence electrons. The fourth-order valence-corrected chi connectivity index (χ4v) is 6.74. The van der Waals surface area contributed by atoms with Crippen molar-refractivity contribution in [2.24, 2.45) is 11.8 Å². The number of anilines is 1. The highest BCUT2D eigenvalue weighted by Gasteiger charge is 2.44. The second kappa shape index (κ2) is 9.80. The monoisotopic (exact) mass is 483 g/mol. The number of rotatable bonds is 5. The molecule has 0 atom stereocenters. The van der Waals surface area contributed by atoms with Crippen molar-refractivity contribution in [3.05, 3.63) is 41.3 Å². The van der Waals surface area contributed by atoms with E-state index in [0.29, 0.717) is 24.8 Å². The number of carboxylic acid groups (broad SMARTS) is 1. The zero-order chi connectivity index (χ0) is 23.7. The predicted octanol–water partition coefficient (Wildman–Crippen LogP) is 5.96. The minimum absolute atomic E-state index is 0.0483. The minimum Gasteiger partial charge on any atom is -0.477 e. The number of aromatic carboxylic acids is 1. The van der Waals surface area contributed by atoms with Crippen LogP contribution in [0.4, 0.5) is 5.69 Å². The van der Waals surface area contributed by atoms with Gasteiger partial charge < -0.3 is 19.5 Å². The number of hydrogen-bond acceptors (Lipinski definition) is 5. The van der Waals surface area contributed by atoms with Gasteiger partial charge in [0.2, 0.25) is 5.91 Å². The van der Waals surface area contributed by atoms with Gasteiger partial charge >= 0.3 is 5.97 Å². The van der Waals surface area contributed by atoms with Crippen molar-refractivity contribution in [2.75, 3.05) is 18.1 Å².